The normalized spacial score (nSPS) is 24.1. The Morgan fingerprint density at radius 3 is 2.71 bits per heavy atom. The predicted octanol–water partition coefficient (Wildman–Crippen LogP) is 2.33. The van der Waals surface area contributed by atoms with E-state index in [1.54, 1.807) is 0 Å². The Labute approximate surface area is 132 Å². The third-order valence-corrected chi connectivity index (χ3v) is 4.47. The van der Waals surface area contributed by atoms with Crippen molar-refractivity contribution in [3.8, 4) is 5.75 Å². The molecule has 2 aliphatic heterocycles. The molecule has 0 radical (unpaired) electrons. The summed E-state index contributed by atoms with van der Waals surface area (Å²) in [5, 5.41) is 3.42. The number of carbonyl (C=O) groups excluding carboxylic acids is 1. The molecular formula is C16H23ClN2O2. The Morgan fingerprint density at radius 1 is 1.33 bits per heavy atom. The largest absolute Gasteiger partial charge is 0.494 e. The molecule has 5 heteroatoms. The van der Waals surface area contributed by atoms with Crippen molar-refractivity contribution in [2.24, 2.45) is 5.41 Å². The highest BCUT2D eigenvalue weighted by Crippen LogP contribution is 2.36. The molecule has 0 saturated carbocycles. The van der Waals surface area contributed by atoms with Gasteiger partial charge in [0.2, 0.25) is 0 Å². The number of hydrogen-bond acceptors (Lipinski definition) is 3. The Bertz CT molecular complexity index is 484. The maximum Gasteiger partial charge on any atom is 0.253 e. The highest BCUT2D eigenvalue weighted by molar-refractivity contribution is 5.94. The molecule has 2 aliphatic rings. The molecule has 0 aromatic heterocycles. The lowest BCUT2D eigenvalue weighted by molar-refractivity contribution is 0.0775. The minimum Gasteiger partial charge on any atom is -0.494 e. The number of halogens is 1. The molecule has 4 nitrogen and oxygen atoms in total. The van der Waals surface area contributed by atoms with Gasteiger partial charge in [-0.3, -0.25) is 4.79 Å². The molecule has 2 heterocycles. The third-order valence-electron chi connectivity index (χ3n) is 4.47. The first-order valence-electron chi connectivity index (χ1n) is 7.45. The van der Waals surface area contributed by atoms with E-state index in [1.165, 1.54) is 6.42 Å². The highest BCUT2D eigenvalue weighted by Gasteiger charge is 2.41. The van der Waals surface area contributed by atoms with Gasteiger partial charge in [-0.2, -0.15) is 0 Å². The number of nitrogens with one attached hydrogen (secondary N) is 1. The van der Waals surface area contributed by atoms with Gasteiger partial charge in [0, 0.05) is 30.6 Å². The molecule has 1 aromatic carbocycles. The van der Waals surface area contributed by atoms with E-state index in [-0.39, 0.29) is 18.3 Å². The van der Waals surface area contributed by atoms with Crippen LogP contribution in [0.2, 0.25) is 0 Å². The van der Waals surface area contributed by atoms with E-state index in [9.17, 15) is 4.79 Å². The van der Waals surface area contributed by atoms with Gasteiger partial charge in [-0.25, -0.2) is 0 Å². The number of ether oxygens (including phenoxy) is 1. The maximum atomic E-state index is 12.5. The third kappa shape index (κ3) is 3.33. The minimum atomic E-state index is 0. The molecule has 3 rings (SSSR count). The molecule has 21 heavy (non-hydrogen) atoms. The van der Waals surface area contributed by atoms with Gasteiger partial charge in [0.1, 0.15) is 5.75 Å². The van der Waals surface area contributed by atoms with Crippen molar-refractivity contribution < 1.29 is 9.53 Å². The first kappa shape index (κ1) is 16.1. The van der Waals surface area contributed by atoms with E-state index in [1.807, 2.05) is 36.1 Å². The average molecular weight is 311 g/mol. The second-order valence-corrected chi connectivity index (χ2v) is 5.86. The number of nitrogens with zero attached hydrogens (tertiary/aromatic N) is 1. The lowest BCUT2D eigenvalue weighted by Gasteiger charge is -2.22. The molecule has 1 amide bonds. The Balaban J connectivity index is 0.00000161. The number of likely N-dealkylation sites (tertiary alicyclic amines) is 1. The van der Waals surface area contributed by atoms with Crippen LogP contribution < -0.4 is 10.1 Å². The fourth-order valence-corrected chi connectivity index (χ4v) is 3.30. The predicted molar refractivity (Wildman–Crippen MR) is 85.3 cm³/mol. The zero-order valence-electron chi connectivity index (χ0n) is 12.4. The molecule has 1 atom stereocenters. The van der Waals surface area contributed by atoms with Crippen LogP contribution in [0.3, 0.4) is 0 Å². The Hall–Kier alpha value is -1.26. The van der Waals surface area contributed by atoms with E-state index in [0.717, 1.165) is 43.9 Å². The summed E-state index contributed by atoms with van der Waals surface area (Å²) in [6, 6.07) is 7.48. The summed E-state index contributed by atoms with van der Waals surface area (Å²) in [4.78, 5) is 14.5. The van der Waals surface area contributed by atoms with Crippen LogP contribution in [0.15, 0.2) is 24.3 Å². The first-order valence-corrected chi connectivity index (χ1v) is 7.45. The molecule has 1 unspecified atom stereocenters. The molecule has 1 aromatic rings. The smallest absolute Gasteiger partial charge is 0.253 e. The first-order chi connectivity index (χ1) is 9.72. The van der Waals surface area contributed by atoms with Crippen molar-refractivity contribution in [1.29, 1.82) is 0 Å². The van der Waals surface area contributed by atoms with Gasteiger partial charge in [-0.1, -0.05) is 0 Å². The molecule has 1 spiro atoms. The summed E-state index contributed by atoms with van der Waals surface area (Å²) in [7, 11) is 0. The van der Waals surface area contributed by atoms with Gasteiger partial charge >= 0.3 is 0 Å². The van der Waals surface area contributed by atoms with Crippen LogP contribution in [0, 0.1) is 5.41 Å². The lowest BCUT2D eigenvalue weighted by atomic mass is 9.86. The number of hydrogen-bond donors (Lipinski definition) is 1. The number of rotatable bonds is 3. The van der Waals surface area contributed by atoms with Crippen molar-refractivity contribution >= 4 is 18.3 Å². The van der Waals surface area contributed by atoms with Crippen LogP contribution in [0.1, 0.15) is 30.1 Å². The van der Waals surface area contributed by atoms with E-state index < -0.39 is 0 Å². The zero-order chi connectivity index (χ0) is 14.0. The van der Waals surface area contributed by atoms with Gasteiger partial charge in [0.15, 0.2) is 0 Å². The highest BCUT2D eigenvalue weighted by atomic mass is 35.5. The summed E-state index contributed by atoms with van der Waals surface area (Å²) >= 11 is 0. The molecular weight excluding hydrogens is 288 g/mol. The molecule has 0 aliphatic carbocycles. The van der Waals surface area contributed by atoms with Gasteiger partial charge in [-0.05, 0) is 50.6 Å². The zero-order valence-corrected chi connectivity index (χ0v) is 13.2. The second-order valence-electron chi connectivity index (χ2n) is 5.86. The monoisotopic (exact) mass is 310 g/mol. The van der Waals surface area contributed by atoms with Crippen molar-refractivity contribution in [3.05, 3.63) is 29.8 Å². The van der Waals surface area contributed by atoms with Crippen LogP contribution in [-0.2, 0) is 0 Å². The van der Waals surface area contributed by atoms with Gasteiger partial charge in [0.25, 0.3) is 5.91 Å². The molecule has 1 N–H and O–H groups in total. The molecule has 2 fully saturated rings. The van der Waals surface area contributed by atoms with Crippen molar-refractivity contribution in [3.63, 3.8) is 0 Å². The van der Waals surface area contributed by atoms with Gasteiger partial charge in [-0.15, -0.1) is 12.4 Å². The fraction of sp³-hybridized carbons (Fsp3) is 0.562. The van der Waals surface area contributed by atoms with Crippen LogP contribution in [0.4, 0.5) is 0 Å². The standard InChI is InChI=1S/C16H22N2O2.ClH/c1-2-20-14-5-3-13(4-6-14)15(19)18-10-8-16(12-18)7-9-17-11-16;/h3-6,17H,2,7-12H2,1H3;1H. The van der Waals surface area contributed by atoms with Crippen molar-refractivity contribution in [2.45, 2.75) is 19.8 Å². The number of carbonyl (C=O) groups is 1. The van der Waals surface area contributed by atoms with Crippen molar-refractivity contribution in [1.82, 2.24) is 10.2 Å². The second kappa shape index (κ2) is 6.67. The average Bonchev–Trinajstić information content (AvgIpc) is 3.10. The lowest BCUT2D eigenvalue weighted by Crippen LogP contribution is -2.33. The molecule has 116 valence electrons. The van der Waals surface area contributed by atoms with E-state index in [4.69, 9.17) is 4.74 Å². The van der Waals surface area contributed by atoms with Gasteiger partial charge in [0.05, 0.1) is 6.61 Å². The summed E-state index contributed by atoms with van der Waals surface area (Å²) < 4.78 is 5.41. The summed E-state index contributed by atoms with van der Waals surface area (Å²) in [6.07, 6.45) is 2.32. The van der Waals surface area contributed by atoms with Gasteiger partial charge < -0.3 is 15.0 Å². The minimum absolute atomic E-state index is 0. The molecule has 0 bridgehead atoms. The van der Waals surface area contributed by atoms with E-state index in [2.05, 4.69) is 5.32 Å². The summed E-state index contributed by atoms with van der Waals surface area (Å²) in [6.45, 7) is 6.53. The maximum absolute atomic E-state index is 12.5. The van der Waals surface area contributed by atoms with Crippen LogP contribution in [0.5, 0.6) is 5.75 Å². The van der Waals surface area contributed by atoms with Crippen LogP contribution in [-0.4, -0.2) is 43.6 Å². The number of amides is 1. The SMILES string of the molecule is CCOc1ccc(C(=O)N2CCC3(CCNC3)C2)cc1.Cl. The number of benzene rings is 1. The van der Waals surface area contributed by atoms with Crippen LogP contribution >= 0.6 is 12.4 Å². The van der Waals surface area contributed by atoms with E-state index >= 15 is 0 Å². The van der Waals surface area contributed by atoms with Crippen molar-refractivity contribution in [2.75, 3.05) is 32.8 Å². The van der Waals surface area contributed by atoms with E-state index in [0.29, 0.717) is 12.0 Å². The quantitative estimate of drug-likeness (QED) is 0.931. The molecule has 2 saturated heterocycles. The summed E-state index contributed by atoms with van der Waals surface area (Å²) in [5.74, 6) is 0.971. The summed E-state index contributed by atoms with van der Waals surface area (Å²) in [5.41, 5.74) is 1.09. The Kier molecular flexibility index (Phi) is 5.12. The fourth-order valence-electron chi connectivity index (χ4n) is 3.30. The topological polar surface area (TPSA) is 41.6 Å². The van der Waals surface area contributed by atoms with Crippen LogP contribution in [0.25, 0.3) is 0 Å². The Morgan fingerprint density at radius 2 is 2.10 bits per heavy atom.